The Morgan fingerprint density at radius 3 is 1.72 bits per heavy atom. The molecule has 5 aromatic rings. The molecule has 2 aliphatic carbocycles. The van der Waals surface area contributed by atoms with Gasteiger partial charge in [-0.05, 0) is 107 Å². The van der Waals surface area contributed by atoms with E-state index >= 15 is 0 Å². The Bertz CT molecular complexity index is 2050. The van der Waals surface area contributed by atoms with Crippen LogP contribution in [0.2, 0.25) is 10.0 Å². The number of rotatable bonds is 4. The predicted molar refractivity (Wildman–Crippen MR) is 210 cm³/mol. The molecule has 0 radical (unpaired) electrons. The summed E-state index contributed by atoms with van der Waals surface area (Å²) >= 11 is 12.6. The summed E-state index contributed by atoms with van der Waals surface area (Å²) in [5.41, 5.74) is 11.3. The lowest BCUT2D eigenvalue weighted by molar-refractivity contribution is -0.132. The molecule has 2 aliphatic heterocycles. The molecular weight excluding hydrogens is 701 g/mol. The first-order valence-corrected chi connectivity index (χ1v) is 19.6. The second-order valence-corrected chi connectivity index (χ2v) is 15.2. The topological polar surface area (TPSA) is 77.5 Å². The van der Waals surface area contributed by atoms with Gasteiger partial charge in [-0.15, -0.1) is 0 Å². The normalized spacial score (nSPS) is 20.0. The lowest BCUT2D eigenvalue weighted by Crippen LogP contribution is -2.50. The van der Waals surface area contributed by atoms with Crippen LogP contribution >= 0.6 is 23.2 Å². The van der Waals surface area contributed by atoms with Crippen molar-refractivity contribution in [1.82, 2.24) is 35.0 Å². The first-order chi connectivity index (χ1) is 26.0. The van der Waals surface area contributed by atoms with Gasteiger partial charge in [-0.3, -0.25) is 29.5 Å². The van der Waals surface area contributed by atoms with Crippen LogP contribution < -0.4 is 5.32 Å². The SMILES string of the molecule is Clc1ccc2c(c1)CCc1cccnc1[C@@H]2N1CCNCC1.O=C(Cc1cccnc1)N1CCN([C@@H]2c3ccc(Cl)cc3CCc3cccnc32)CC1. The molecule has 0 bridgehead atoms. The van der Waals surface area contributed by atoms with E-state index in [1.807, 2.05) is 47.6 Å². The molecule has 53 heavy (non-hydrogen) atoms. The summed E-state index contributed by atoms with van der Waals surface area (Å²) in [6.07, 6.45) is 11.7. The molecule has 2 saturated heterocycles. The summed E-state index contributed by atoms with van der Waals surface area (Å²) in [6, 6.07) is 25.3. The van der Waals surface area contributed by atoms with Gasteiger partial charge in [0.25, 0.3) is 0 Å². The van der Waals surface area contributed by atoms with Gasteiger partial charge in [-0.1, -0.05) is 53.5 Å². The Morgan fingerprint density at radius 1 is 0.642 bits per heavy atom. The number of aryl methyl sites for hydroxylation is 4. The van der Waals surface area contributed by atoms with Crippen molar-refractivity contribution < 1.29 is 4.79 Å². The molecule has 0 unspecified atom stereocenters. The van der Waals surface area contributed by atoms with Gasteiger partial charge in [0, 0.05) is 87.2 Å². The molecule has 1 N–H and O–H groups in total. The number of aromatic nitrogens is 3. The first-order valence-electron chi connectivity index (χ1n) is 18.8. The lowest BCUT2D eigenvalue weighted by Gasteiger charge is -2.39. The first kappa shape index (κ1) is 35.8. The van der Waals surface area contributed by atoms with Crippen LogP contribution in [0.4, 0.5) is 0 Å². The fraction of sp³-hybridized carbons (Fsp3) is 0.349. The smallest absolute Gasteiger partial charge is 0.227 e. The fourth-order valence-corrected chi connectivity index (χ4v) is 8.85. The number of fused-ring (bicyclic) bond motifs is 4. The van der Waals surface area contributed by atoms with E-state index in [-0.39, 0.29) is 18.0 Å². The van der Waals surface area contributed by atoms with E-state index < -0.39 is 0 Å². The maximum absolute atomic E-state index is 12.8. The van der Waals surface area contributed by atoms with Gasteiger partial charge < -0.3 is 10.2 Å². The van der Waals surface area contributed by atoms with Crippen molar-refractivity contribution in [1.29, 1.82) is 0 Å². The summed E-state index contributed by atoms with van der Waals surface area (Å²) in [5.74, 6) is 0.166. The van der Waals surface area contributed by atoms with Crippen molar-refractivity contribution in [2.45, 2.75) is 44.2 Å². The van der Waals surface area contributed by atoms with Gasteiger partial charge in [0.1, 0.15) is 0 Å². The van der Waals surface area contributed by atoms with E-state index in [4.69, 9.17) is 33.2 Å². The zero-order chi connectivity index (χ0) is 36.1. The molecule has 10 heteroatoms. The number of carbonyl (C=O) groups excluding carboxylic acids is 1. The highest BCUT2D eigenvalue weighted by Crippen LogP contribution is 2.38. The molecular formula is C43H45Cl2N7O. The van der Waals surface area contributed by atoms with E-state index in [0.29, 0.717) is 6.42 Å². The summed E-state index contributed by atoms with van der Waals surface area (Å²) in [6.45, 7) is 7.29. The predicted octanol–water partition coefficient (Wildman–Crippen LogP) is 6.53. The van der Waals surface area contributed by atoms with Gasteiger partial charge in [-0.25, -0.2) is 0 Å². The molecule has 2 fully saturated rings. The van der Waals surface area contributed by atoms with Crippen molar-refractivity contribution in [2.75, 3.05) is 52.4 Å². The average molecular weight is 747 g/mol. The fourth-order valence-electron chi connectivity index (χ4n) is 8.46. The van der Waals surface area contributed by atoms with E-state index in [1.165, 1.54) is 39.1 Å². The molecule has 0 saturated carbocycles. The van der Waals surface area contributed by atoms with Gasteiger partial charge in [-0.2, -0.15) is 0 Å². The maximum Gasteiger partial charge on any atom is 0.227 e. The number of hydrogen-bond donors (Lipinski definition) is 1. The monoisotopic (exact) mass is 745 g/mol. The van der Waals surface area contributed by atoms with Crippen molar-refractivity contribution >= 4 is 29.1 Å². The van der Waals surface area contributed by atoms with Crippen LogP contribution in [0.3, 0.4) is 0 Å². The molecule has 272 valence electrons. The summed E-state index contributed by atoms with van der Waals surface area (Å²) in [5, 5.41) is 5.05. The number of carbonyl (C=O) groups is 1. The Labute approximate surface area is 322 Å². The van der Waals surface area contributed by atoms with Gasteiger partial charge >= 0.3 is 0 Å². The average Bonchev–Trinajstić information content (AvgIpc) is 3.46. The number of pyridine rings is 3. The molecule has 3 aromatic heterocycles. The quantitative estimate of drug-likeness (QED) is 0.224. The Hall–Kier alpha value is -4.18. The molecule has 2 atom stereocenters. The summed E-state index contributed by atoms with van der Waals surface area (Å²) in [4.78, 5) is 33.5. The van der Waals surface area contributed by atoms with Crippen LogP contribution in [0.15, 0.2) is 97.6 Å². The van der Waals surface area contributed by atoms with Gasteiger partial charge in [0.05, 0.1) is 29.9 Å². The third-order valence-corrected chi connectivity index (χ3v) is 11.6. The number of benzene rings is 2. The largest absolute Gasteiger partial charge is 0.340 e. The minimum absolute atomic E-state index is 0.0987. The van der Waals surface area contributed by atoms with E-state index in [1.54, 1.807) is 12.4 Å². The van der Waals surface area contributed by atoms with Crippen LogP contribution in [-0.2, 0) is 36.9 Å². The molecule has 2 aromatic carbocycles. The van der Waals surface area contributed by atoms with Crippen molar-refractivity contribution in [3.05, 3.63) is 158 Å². The Kier molecular flexibility index (Phi) is 11.1. The highest BCUT2D eigenvalue weighted by molar-refractivity contribution is 6.31. The maximum atomic E-state index is 12.8. The Balaban J connectivity index is 0.000000160. The number of amides is 1. The molecule has 5 heterocycles. The standard InChI is InChI=1S/C25H25ClN4O.C18H20ClN3/c26-21-7-8-22-20(16-21)6-5-19-4-2-10-28-24(19)25(22)30-13-11-29(12-14-30)23(31)15-18-3-1-9-27-17-18;19-15-5-6-16-14(12-15)4-3-13-2-1-7-21-17(13)18(16)22-10-8-20-9-11-22/h1-4,7-10,16-17,25H,5-6,11-15H2;1-2,5-7,12,18,20H,3-4,8-11H2/t25-;18-/m11/s1. The highest BCUT2D eigenvalue weighted by Gasteiger charge is 2.34. The van der Waals surface area contributed by atoms with Crippen LogP contribution in [0.25, 0.3) is 0 Å². The number of nitrogens with one attached hydrogen (secondary N) is 1. The molecule has 4 aliphatic rings. The number of piperazine rings is 2. The van der Waals surface area contributed by atoms with Crippen LogP contribution in [0.1, 0.15) is 62.4 Å². The third-order valence-electron chi connectivity index (χ3n) is 11.1. The lowest BCUT2D eigenvalue weighted by atomic mass is 9.96. The van der Waals surface area contributed by atoms with Crippen molar-refractivity contribution in [2.24, 2.45) is 0 Å². The summed E-state index contributed by atoms with van der Waals surface area (Å²) < 4.78 is 0. The van der Waals surface area contributed by atoms with Crippen molar-refractivity contribution in [3.8, 4) is 0 Å². The molecule has 0 spiro atoms. The van der Waals surface area contributed by atoms with Crippen LogP contribution in [0.5, 0.6) is 0 Å². The second kappa shape index (κ2) is 16.5. The van der Waals surface area contributed by atoms with E-state index in [0.717, 1.165) is 99.3 Å². The van der Waals surface area contributed by atoms with Crippen LogP contribution in [-0.4, -0.2) is 87.9 Å². The van der Waals surface area contributed by atoms with E-state index in [9.17, 15) is 4.79 Å². The number of halogens is 2. The highest BCUT2D eigenvalue weighted by atomic mass is 35.5. The summed E-state index contributed by atoms with van der Waals surface area (Å²) in [7, 11) is 0. The zero-order valence-corrected chi connectivity index (χ0v) is 31.4. The molecule has 9 rings (SSSR count). The van der Waals surface area contributed by atoms with Crippen LogP contribution in [0, 0.1) is 0 Å². The second-order valence-electron chi connectivity index (χ2n) is 14.3. The van der Waals surface area contributed by atoms with Gasteiger partial charge in [0.2, 0.25) is 5.91 Å². The van der Waals surface area contributed by atoms with E-state index in [2.05, 4.69) is 62.6 Å². The minimum atomic E-state index is 0.0987. The minimum Gasteiger partial charge on any atom is -0.340 e. The van der Waals surface area contributed by atoms with Crippen molar-refractivity contribution in [3.63, 3.8) is 0 Å². The number of hydrogen-bond acceptors (Lipinski definition) is 7. The third kappa shape index (κ3) is 8.03. The molecule has 8 nitrogen and oxygen atoms in total. The Morgan fingerprint density at radius 2 is 1.17 bits per heavy atom. The number of nitrogens with zero attached hydrogens (tertiary/aromatic N) is 6. The van der Waals surface area contributed by atoms with Gasteiger partial charge in [0.15, 0.2) is 0 Å². The zero-order valence-electron chi connectivity index (χ0n) is 29.9. The molecule has 1 amide bonds.